The Kier molecular flexibility index (Phi) is 7.14. The molecule has 1 atom stereocenters. The Morgan fingerprint density at radius 2 is 1.88 bits per heavy atom. The van der Waals surface area contributed by atoms with Crippen LogP contribution in [0.1, 0.15) is 20.8 Å². The SMILES string of the molecule is CC(CN)CN(C)S(=O)(=O)CCOC(C)C. The molecule has 0 rings (SSSR count). The van der Waals surface area contributed by atoms with E-state index in [4.69, 9.17) is 10.5 Å². The summed E-state index contributed by atoms with van der Waals surface area (Å²) in [5.41, 5.74) is 5.46. The lowest BCUT2D eigenvalue weighted by Gasteiger charge is -2.20. The van der Waals surface area contributed by atoms with Crippen molar-refractivity contribution in [2.45, 2.75) is 26.9 Å². The Balaban J connectivity index is 4.11. The maximum absolute atomic E-state index is 11.8. The number of rotatable bonds is 8. The smallest absolute Gasteiger partial charge is 0.216 e. The van der Waals surface area contributed by atoms with E-state index in [9.17, 15) is 8.42 Å². The molecule has 0 bridgehead atoms. The molecule has 0 saturated heterocycles. The van der Waals surface area contributed by atoms with Gasteiger partial charge in [-0.2, -0.15) is 0 Å². The summed E-state index contributed by atoms with van der Waals surface area (Å²) in [4.78, 5) is 0. The lowest BCUT2D eigenvalue weighted by molar-refractivity contribution is 0.0907. The second-order valence-corrected chi connectivity index (χ2v) is 6.55. The van der Waals surface area contributed by atoms with E-state index in [1.165, 1.54) is 4.31 Å². The molecule has 16 heavy (non-hydrogen) atoms. The standard InChI is InChI=1S/C10H24N2O3S/c1-9(2)15-5-6-16(13,14)12(4)8-10(3)7-11/h9-10H,5-8,11H2,1-4H3. The first kappa shape index (κ1) is 15.8. The van der Waals surface area contributed by atoms with Gasteiger partial charge >= 0.3 is 0 Å². The minimum Gasteiger partial charge on any atom is -0.378 e. The summed E-state index contributed by atoms with van der Waals surface area (Å²) in [6.45, 7) is 6.88. The van der Waals surface area contributed by atoms with Crippen LogP contribution in [0.4, 0.5) is 0 Å². The highest BCUT2D eigenvalue weighted by Crippen LogP contribution is 2.03. The summed E-state index contributed by atoms with van der Waals surface area (Å²) in [6.07, 6.45) is 0.0588. The highest BCUT2D eigenvalue weighted by atomic mass is 32.2. The molecule has 0 saturated carbocycles. The summed E-state index contributed by atoms with van der Waals surface area (Å²) < 4.78 is 30.1. The zero-order valence-corrected chi connectivity index (χ0v) is 11.5. The molecular weight excluding hydrogens is 228 g/mol. The number of nitrogens with two attached hydrogens (primary N) is 1. The Morgan fingerprint density at radius 1 is 1.31 bits per heavy atom. The number of sulfonamides is 1. The van der Waals surface area contributed by atoms with Crippen molar-refractivity contribution < 1.29 is 13.2 Å². The van der Waals surface area contributed by atoms with Crippen molar-refractivity contribution in [3.63, 3.8) is 0 Å². The maximum Gasteiger partial charge on any atom is 0.216 e. The first-order chi connectivity index (χ1) is 7.29. The molecular formula is C10H24N2O3S. The minimum atomic E-state index is -3.21. The predicted octanol–water partition coefficient (Wildman–Crippen LogP) is 0.268. The largest absolute Gasteiger partial charge is 0.378 e. The van der Waals surface area contributed by atoms with Crippen LogP contribution in [-0.4, -0.2) is 51.3 Å². The predicted molar refractivity (Wildman–Crippen MR) is 65.7 cm³/mol. The van der Waals surface area contributed by atoms with E-state index in [0.717, 1.165) is 0 Å². The van der Waals surface area contributed by atoms with Crippen molar-refractivity contribution in [3.05, 3.63) is 0 Å². The number of hydrogen-bond acceptors (Lipinski definition) is 4. The lowest BCUT2D eigenvalue weighted by Crippen LogP contribution is -2.36. The Bertz CT molecular complexity index is 278. The average Bonchev–Trinajstić information content (AvgIpc) is 2.16. The van der Waals surface area contributed by atoms with Crippen molar-refractivity contribution in [3.8, 4) is 0 Å². The van der Waals surface area contributed by atoms with Crippen molar-refractivity contribution in [1.82, 2.24) is 4.31 Å². The summed E-state index contributed by atoms with van der Waals surface area (Å²) >= 11 is 0. The molecule has 0 heterocycles. The average molecular weight is 252 g/mol. The molecule has 0 aliphatic carbocycles. The monoisotopic (exact) mass is 252 g/mol. The van der Waals surface area contributed by atoms with Crippen molar-refractivity contribution in [2.75, 3.05) is 32.5 Å². The summed E-state index contributed by atoms with van der Waals surface area (Å²) in [7, 11) is -1.63. The fourth-order valence-corrected chi connectivity index (χ4v) is 2.27. The molecule has 6 heteroatoms. The third kappa shape index (κ3) is 6.42. The third-order valence-corrected chi connectivity index (χ3v) is 4.02. The summed E-state index contributed by atoms with van der Waals surface area (Å²) in [5, 5.41) is 0. The summed E-state index contributed by atoms with van der Waals surface area (Å²) in [6, 6.07) is 0. The van der Waals surface area contributed by atoms with Crippen LogP contribution in [0.3, 0.4) is 0 Å². The van der Waals surface area contributed by atoms with Gasteiger partial charge in [-0.05, 0) is 26.3 Å². The van der Waals surface area contributed by atoms with Gasteiger partial charge in [-0.25, -0.2) is 12.7 Å². The molecule has 1 unspecified atom stereocenters. The van der Waals surface area contributed by atoms with E-state index in [0.29, 0.717) is 13.1 Å². The molecule has 0 aromatic carbocycles. The molecule has 0 aromatic rings. The van der Waals surface area contributed by atoms with Crippen LogP contribution >= 0.6 is 0 Å². The van der Waals surface area contributed by atoms with E-state index in [1.54, 1.807) is 7.05 Å². The summed E-state index contributed by atoms with van der Waals surface area (Å²) in [5.74, 6) is 0.199. The molecule has 0 radical (unpaired) electrons. The van der Waals surface area contributed by atoms with Gasteiger partial charge < -0.3 is 10.5 Å². The van der Waals surface area contributed by atoms with Gasteiger partial charge in [0.1, 0.15) is 0 Å². The Morgan fingerprint density at radius 3 is 2.31 bits per heavy atom. The zero-order valence-electron chi connectivity index (χ0n) is 10.6. The lowest BCUT2D eigenvalue weighted by atomic mass is 10.2. The molecule has 0 fully saturated rings. The van der Waals surface area contributed by atoms with Crippen LogP contribution in [-0.2, 0) is 14.8 Å². The third-order valence-electron chi connectivity index (χ3n) is 2.24. The van der Waals surface area contributed by atoms with Gasteiger partial charge in [-0.15, -0.1) is 0 Å². The number of ether oxygens (including phenoxy) is 1. The van der Waals surface area contributed by atoms with Gasteiger partial charge in [0, 0.05) is 13.6 Å². The maximum atomic E-state index is 11.8. The van der Waals surface area contributed by atoms with Crippen LogP contribution in [0.2, 0.25) is 0 Å². The highest BCUT2D eigenvalue weighted by molar-refractivity contribution is 7.89. The number of nitrogens with zero attached hydrogens (tertiary/aromatic N) is 1. The first-order valence-electron chi connectivity index (χ1n) is 5.55. The fourth-order valence-electron chi connectivity index (χ4n) is 1.17. The minimum absolute atomic E-state index is 0.0268. The number of hydrogen-bond donors (Lipinski definition) is 1. The van der Waals surface area contributed by atoms with Crippen LogP contribution in [0, 0.1) is 5.92 Å². The first-order valence-corrected chi connectivity index (χ1v) is 7.16. The van der Waals surface area contributed by atoms with E-state index in [-0.39, 0.29) is 24.4 Å². The topological polar surface area (TPSA) is 72.6 Å². The Hall–Kier alpha value is -0.170. The van der Waals surface area contributed by atoms with Crippen LogP contribution in [0.25, 0.3) is 0 Å². The van der Waals surface area contributed by atoms with Crippen LogP contribution < -0.4 is 5.73 Å². The molecule has 0 spiro atoms. The fraction of sp³-hybridized carbons (Fsp3) is 1.00. The van der Waals surface area contributed by atoms with Crippen LogP contribution in [0.5, 0.6) is 0 Å². The quantitative estimate of drug-likeness (QED) is 0.673. The molecule has 98 valence electrons. The van der Waals surface area contributed by atoms with Gasteiger partial charge in [0.05, 0.1) is 18.5 Å². The van der Waals surface area contributed by atoms with Gasteiger partial charge in [0.25, 0.3) is 0 Å². The van der Waals surface area contributed by atoms with E-state index >= 15 is 0 Å². The van der Waals surface area contributed by atoms with Crippen molar-refractivity contribution in [1.29, 1.82) is 0 Å². The van der Waals surface area contributed by atoms with Gasteiger partial charge in [0.2, 0.25) is 10.0 Å². The molecule has 0 aliphatic rings. The Labute approximate surface area is 99.0 Å². The zero-order chi connectivity index (χ0) is 12.8. The van der Waals surface area contributed by atoms with E-state index < -0.39 is 10.0 Å². The van der Waals surface area contributed by atoms with Crippen molar-refractivity contribution in [2.24, 2.45) is 11.7 Å². The normalized spacial score (nSPS) is 14.7. The van der Waals surface area contributed by atoms with E-state index in [2.05, 4.69) is 0 Å². The van der Waals surface area contributed by atoms with Gasteiger partial charge in [0.15, 0.2) is 0 Å². The molecule has 0 aliphatic heterocycles. The molecule has 0 amide bonds. The van der Waals surface area contributed by atoms with Crippen LogP contribution in [0.15, 0.2) is 0 Å². The van der Waals surface area contributed by atoms with Crippen molar-refractivity contribution >= 4 is 10.0 Å². The highest BCUT2D eigenvalue weighted by Gasteiger charge is 2.19. The van der Waals surface area contributed by atoms with Gasteiger partial charge in [-0.1, -0.05) is 6.92 Å². The molecule has 0 aromatic heterocycles. The second-order valence-electron chi connectivity index (χ2n) is 4.36. The molecule has 2 N–H and O–H groups in total. The van der Waals surface area contributed by atoms with Gasteiger partial charge in [-0.3, -0.25) is 0 Å². The van der Waals surface area contributed by atoms with E-state index in [1.807, 2.05) is 20.8 Å². The second kappa shape index (κ2) is 7.21. The molecule has 5 nitrogen and oxygen atoms in total.